The first-order valence-corrected chi connectivity index (χ1v) is 5.74. The van der Waals surface area contributed by atoms with Crippen LogP contribution in [-0.2, 0) is 4.79 Å². The maximum Gasteiger partial charge on any atom is 0.315 e. The molecule has 0 aliphatic rings. The predicted octanol–water partition coefficient (Wildman–Crippen LogP) is 1.75. The van der Waals surface area contributed by atoms with Gasteiger partial charge in [0.1, 0.15) is 0 Å². The van der Waals surface area contributed by atoms with E-state index in [1.54, 1.807) is 19.9 Å². The summed E-state index contributed by atoms with van der Waals surface area (Å²) in [7, 11) is 0. The molecule has 0 saturated carbocycles. The molecule has 98 valence electrons. The van der Waals surface area contributed by atoms with Crippen LogP contribution in [0.2, 0.25) is 0 Å². The third kappa shape index (κ3) is 5.38. The maximum atomic E-state index is 11.5. The standard InChI is InChI=1S/C12H22N2O3/c1-5-7-9(3)14-11(17)13-8-12(4,6-2)10(15)16/h5,9H,1,6-8H2,2-4H3,(H,15,16)(H2,13,14,17). The summed E-state index contributed by atoms with van der Waals surface area (Å²) in [4.78, 5) is 22.5. The van der Waals surface area contributed by atoms with Crippen molar-refractivity contribution in [2.75, 3.05) is 6.54 Å². The fourth-order valence-corrected chi connectivity index (χ4v) is 1.21. The zero-order chi connectivity index (χ0) is 13.5. The largest absolute Gasteiger partial charge is 0.481 e. The van der Waals surface area contributed by atoms with E-state index in [0.29, 0.717) is 12.8 Å². The molecule has 0 fully saturated rings. The van der Waals surface area contributed by atoms with Crippen LogP contribution in [0.15, 0.2) is 12.7 Å². The Balaban J connectivity index is 4.14. The smallest absolute Gasteiger partial charge is 0.315 e. The average molecular weight is 242 g/mol. The van der Waals surface area contributed by atoms with E-state index in [2.05, 4.69) is 17.2 Å². The molecule has 0 aliphatic carbocycles. The van der Waals surface area contributed by atoms with Gasteiger partial charge >= 0.3 is 12.0 Å². The van der Waals surface area contributed by atoms with Gasteiger partial charge in [0, 0.05) is 12.6 Å². The molecule has 0 spiro atoms. The Labute approximate surface area is 102 Å². The highest BCUT2D eigenvalue weighted by molar-refractivity contribution is 5.77. The summed E-state index contributed by atoms with van der Waals surface area (Å²) in [6.45, 7) is 8.96. The van der Waals surface area contributed by atoms with Gasteiger partial charge in [0.05, 0.1) is 5.41 Å². The fraction of sp³-hybridized carbons (Fsp3) is 0.667. The number of carbonyl (C=O) groups excluding carboxylic acids is 1. The van der Waals surface area contributed by atoms with E-state index in [4.69, 9.17) is 5.11 Å². The quantitative estimate of drug-likeness (QED) is 0.595. The Kier molecular flexibility index (Phi) is 6.31. The van der Waals surface area contributed by atoms with Gasteiger partial charge in [-0.2, -0.15) is 0 Å². The van der Waals surface area contributed by atoms with Gasteiger partial charge < -0.3 is 15.7 Å². The van der Waals surface area contributed by atoms with Crippen molar-refractivity contribution in [3.63, 3.8) is 0 Å². The first kappa shape index (κ1) is 15.5. The van der Waals surface area contributed by atoms with Crippen molar-refractivity contribution in [2.45, 2.75) is 39.7 Å². The van der Waals surface area contributed by atoms with Crippen LogP contribution in [0.4, 0.5) is 4.79 Å². The highest BCUT2D eigenvalue weighted by Crippen LogP contribution is 2.19. The minimum atomic E-state index is -0.918. The zero-order valence-corrected chi connectivity index (χ0v) is 10.7. The molecule has 0 saturated heterocycles. The second-order valence-electron chi connectivity index (χ2n) is 4.47. The third-order valence-electron chi connectivity index (χ3n) is 2.83. The molecule has 17 heavy (non-hydrogen) atoms. The molecule has 5 heteroatoms. The Morgan fingerprint density at radius 3 is 2.53 bits per heavy atom. The van der Waals surface area contributed by atoms with Crippen molar-refractivity contribution in [1.82, 2.24) is 10.6 Å². The Morgan fingerprint density at radius 2 is 2.12 bits per heavy atom. The van der Waals surface area contributed by atoms with Gasteiger partial charge in [-0.05, 0) is 26.7 Å². The van der Waals surface area contributed by atoms with Gasteiger partial charge in [0.15, 0.2) is 0 Å². The topological polar surface area (TPSA) is 78.4 Å². The van der Waals surface area contributed by atoms with Gasteiger partial charge in [0.25, 0.3) is 0 Å². The van der Waals surface area contributed by atoms with Gasteiger partial charge in [0.2, 0.25) is 0 Å². The summed E-state index contributed by atoms with van der Waals surface area (Å²) in [5.41, 5.74) is -0.918. The van der Waals surface area contributed by atoms with Crippen LogP contribution >= 0.6 is 0 Å². The molecule has 0 aromatic heterocycles. The lowest BCUT2D eigenvalue weighted by Crippen LogP contribution is -2.46. The van der Waals surface area contributed by atoms with Crippen molar-refractivity contribution in [3.05, 3.63) is 12.7 Å². The number of nitrogens with one attached hydrogen (secondary N) is 2. The van der Waals surface area contributed by atoms with Crippen molar-refractivity contribution in [1.29, 1.82) is 0 Å². The highest BCUT2D eigenvalue weighted by Gasteiger charge is 2.31. The van der Waals surface area contributed by atoms with E-state index in [0.717, 1.165) is 0 Å². The van der Waals surface area contributed by atoms with Gasteiger partial charge in [-0.3, -0.25) is 4.79 Å². The molecule has 0 bridgehead atoms. The Hall–Kier alpha value is -1.52. The number of aliphatic carboxylic acids is 1. The molecule has 2 unspecified atom stereocenters. The Morgan fingerprint density at radius 1 is 1.53 bits per heavy atom. The average Bonchev–Trinajstić information content (AvgIpc) is 2.25. The Bertz CT molecular complexity index is 291. The van der Waals surface area contributed by atoms with E-state index >= 15 is 0 Å². The third-order valence-corrected chi connectivity index (χ3v) is 2.83. The number of amides is 2. The molecule has 0 aromatic carbocycles. The highest BCUT2D eigenvalue weighted by atomic mass is 16.4. The summed E-state index contributed by atoms with van der Waals surface area (Å²) in [6.07, 6.45) is 2.86. The molecule has 0 heterocycles. The SMILES string of the molecule is C=CCC(C)NC(=O)NCC(C)(CC)C(=O)O. The number of carboxylic acids is 1. The molecular formula is C12H22N2O3. The first-order chi connectivity index (χ1) is 7.85. The maximum absolute atomic E-state index is 11.5. The molecule has 2 amide bonds. The van der Waals surface area contributed by atoms with E-state index in [9.17, 15) is 9.59 Å². The molecule has 0 rings (SSSR count). The number of carbonyl (C=O) groups is 2. The molecule has 0 aromatic rings. The van der Waals surface area contributed by atoms with Crippen LogP contribution in [0.3, 0.4) is 0 Å². The fourth-order valence-electron chi connectivity index (χ4n) is 1.21. The number of hydrogen-bond donors (Lipinski definition) is 3. The lowest BCUT2D eigenvalue weighted by Gasteiger charge is -2.23. The second kappa shape index (κ2) is 6.93. The van der Waals surface area contributed by atoms with E-state index in [1.807, 2.05) is 6.92 Å². The lowest BCUT2D eigenvalue weighted by molar-refractivity contribution is -0.147. The summed E-state index contributed by atoms with van der Waals surface area (Å²) in [5.74, 6) is -0.903. The zero-order valence-electron chi connectivity index (χ0n) is 10.7. The van der Waals surface area contributed by atoms with Crippen LogP contribution in [0, 0.1) is 5.41 Å². The van der Waals surface area contributed by atoms with Crippen LogP contribution < -0.4 is 10.6 Å². The minimum Gasteiger partial charge on any atom is -0.481 e. The summed E-state index contributed by atoms with van der Waals surface area (Å²) >= 11 is 0. The molecule has 3 N–H and O–H groups in total. The lowest BCUT2D eigenvalue weighted by atomic mass is 9.88. The van der Waals surface area contributed by atoms with Crippen LogP contribution in [0.1, 0.15) is 33.6 Å². The van der Waals surface area contributed by atoms with Crippen molar-refractivity contribution >= 4 is 12.0 Å². The normalized spacial score (nSPS) is 15.5. The summed E-state index contributed by atoms with van der Waals surface area (Å²) in [6, 6.07) is -0.356. The van der Waals surface area contributed by atoms with Crippen LogP contribution in [0.25, 0.3) is 0 Å². The monoisotopic (exact) mass is 242 g/mol. The molecule has 0 aliphatic heterocycles. The van der Waals surface area contributed by atoms with Gasteiger partial charge in [-0.1, -0.05) is 13.0 Å². The number of hydrogen-bond acceptors (Lipinski definition) is 2. The molecular weight excluding hydrogens is 220 g/mol. The number of urea groups is 1. The van der Waals surface area contributed by atoms with E-state index in [-0.39, 0.29) is 18.6 Å². The first-order valence-electron chi connectivity index (χ1n) is 5.74. The molecule has 2 atom stereocenters. The molecule has 5 nitrogen and oxygen atoms in total. The van der Waals surface area contributed by atoms with E-state index < -0.39 is 11.4 Å². The predicted molar refractivity (Wildman–Crippen MR) is 66.8 cm³/mol. The second-order valence-corrected chi connectivity index (χ2v) is 4.47. The summed E-state index contributed by atoms with van der Waals surface area (Å²) < 4.78 is 0. The van der Waals surface area contributed by atoms with Crippen LogP contribution in [0.5, 0.6) is 0 Å². The van der Waals surface area contributed by atoms with E-state index in [1.165, 1.54) is 0 Å². The van der Waals surface area contributed by atoms with Gasteiger partial charge in [-0.25, -0.2) is 4.79 Å². The van der Waals surface area contributed by atoms with Crippen molar-refractivity contribution in [3.8, 4) is 0 Å². The number of carboxylic acid groups (broad SMARTS) is 1. The van der Waals surface area contributed by atoms with Gasteiger partial charge in [-0.15, -0.1) is 6.58 Å². The van der Waals surface area contributed by atoms with Crippen molar-refractivity contribution < 1.29 is 14.7 Å². The van der Waals surface area contributed by atoms with Crippen molar-refractivity contribution in [2.24, 2.45) is 5.41 Å². The minimum absolute atomic E-state index is 0.00906. The number of rotatable bonds is 7. The summed E-state index contributed by atoms with van der Waals surface area (Å²) in [5, 5.41) is 14.3. The molecule has 0 radical (unpaired) electrons. The van der Waals surface area contributed by atoms with Crippen LogP contribution in [-0.4, -0.2) is 29.7 Å².